The van der Waals surface area contributed by atoms with Gasteiger partial charge in [-0.15, -0.1) is 0 Å². The number of hydrogen-bond acceptors (Lipinski definition) is 4. The van der Waals surface area contributed by atoms with Gasteiger partial charge in [0, 0.05) is 39.6 Å². The number of alkyl carbamates (subject to hydrolysis) is 1. The molecule has 1 saturated heterocycles. The molecule has 138 valence electrons. The van der Waals surface area contributed by atoms with Gasteiger partial charge in [-0.25, -0.2) is 4.79 Å². The van der Waals surface area contributed by atoms with E-state index in [-0.39, 0.29) is 17.7 Å². The Morgan fingerprint density at radius 2 is 2.00 bits per heavy atom. The van der Waals surface area contributed by atoms with E-state index in [4.69, 9.17) is 4.74 Å². The molecule has 1 aliphatic rings. The molecule has 1 fully saturated rings. The van der Waals surface area contributed by atoms with Crippen LogP contribution in [0.25, 0.3) is 0 Å². The number of carbonyl (C=O) groups excluding carboxylic acids is 2. The lowest BCUT2D eigenvalue weighted by Gasteiger charge is -2.22. The number of carbonyl (C=O) groups is 2. The maximum absolute atomic E-state index is 12.4. The zero-order valence-corrected chi connectivity index (χ0v) is 15.8. The largest absolute Gasteiger partial charge is 0.444 e. The molecule has 0 aliphatic carbocycles. The summed E-state index contributed by atoms with van der Waals surface area (Å²) in [4.78, 5) is 25.8. The normalized spacial score (nSPS) is 20.2. The molecule has 2 rings (SSSR count). The molecule has 0 bridgehead atoms. The number of nitrogens with one attached hydrogen (secondary N) is 2. The highest BCUT2D eigenvalue weighted by molar-refractivity contribution is 5.80. The van der Waals surface area contributed by atoms with Crippen LogP contribution in [-0.4, -0.2) is 49.7 Å². The van der Waals surface area contributed by atoms with E-state index < -0.39 is 11.7 Å². The summed E-state index contributed by atoms with van der Waals surface area (Å²) in [7, 11) is 3.58. The molecule has 6 nitrogen and oxygen atoms in total. The smallest absolute Gasteiger partial charge is 0.407 e. The fourth-order valence-corrected chi connectivity index (χ4v) is 3.04. The van der Waals surface area contributed by atoms with Crippen molar-refractivity contribution in [1.82, 2.24) is 15.5 Å². The SMILES string of the molecule is CN(C)C(=O)[C@H]1CNC[C@@H]1c1cccc(CNC(=O)OC(C)(C)C)c1. The van der Waals surface area contributed by atoms with Gasteiger partial charge in [-0.3, -0.25) is 4.79 Å². The van der Waals surface area contributed by atoms with E-state index in [0.717, 1.165) is 17.7 Å². The Hall–Kier alpha value is -2.08. The molecule has 2 amide bonds. The van der Waals surface area contributed by atoms with Crippen molar-refractivity contribution < 1.29 is 14.3 Å². The molecule has 1 aromatic carbocycles. The van der Waals surface area contributed by atoms with Crippen LogP contribution in [0.1, 0.15) is 37.8 Å². The minimum absolute atomic E-state index is 0.0518. The molecular weight excluding hydrogens is 318 g/mol. The number of nitrogens with zero attached hydrogens (tertiary/aromatic N) is 1. The zero-order chi connectivity index (χ0) is 18.6. The van der Waals surface area contributed by atoms with Gasteiger partial charge in [0.05, 0.1) is 5.92 Å². The quantitative estimate of drug-likeness (QED) is 0.875. The Labute approximate surface area is 149 Å². The molecule has 2 atom stereocenters. The van der Waals surface area contributed by atoms with Crippen LogP contribution in [-0.2, 0) is 16.1 Å². The highest BCUT2D eigenvalue weighted by atomic mass is 16.6. The lowest BCUT2D eigenvalue weighted by atomic mass is 9.87. The van der Waals surface area contributed by atoms with Crippen molar-refractivity contribution >= 4 is 12.0 Å². The molecule has 0 aromatic heterocycles. The van der Waals surface area contributed by atoms with Crippen LogP contribution in [0.3, 0.4) is 0 Å². The Bertz CT molecular complexity index is 623. The lowest BCUT2D eigenvalue weighted by molar-refractivity contribution is -0.132. The summed E-state index contributed by atoms with van der Waals surface area (Å²) in [6.07, 6.45) is -0.430. The molecule has 1 heterocycles. The minimum atomic E-state index is -0.513. The monoisotopic (exact) mass is 347 g/mol. The first-order valence-electron chi connectivity index (χ1n) is 8.65. The van der Waals surface area contributed by atoms with Crippen LogP contribution in [0.2, 0.25) is 0 Å². The maximum Gasteiger partial charge on any atom is 0.407 e. The Kier molecular flexibility index (Phi) is 6.06. The second kappa shape index (κ2) is 7.87. The van der Waals surface area contributed by atoms with Crippen LogP contribution in [0.5, 0.6) is 0 Å². The van der Waals surface area contributed by atoms with Gasteiger partial charge in [0.25, 0.3) is 0 Å². The van der Waals surface area contributed by atoms with Crippen molar-refractivity contribution in [1.29, 1.82) is 0 Å². The van der Waals surface area contributed by atoms with Gasteiger partial charge in [0.1, 0.15) is 5.60 Å². The van der Waals surface area contributed by atoms with Crippen LogP contribution in [0.15, 0.2) is 24.3 Å². The van der Waals surface area contributed by atoms with Crippen molar-refractivity contribution in [3.63, 3.8) is 0 Å². The Morgan fingerprint density at radius 1 is 1.28 bits per heavy atom. The number of amides is 2. The van der Waals surface area contributed by atoms with Crippen LogP contribution in [0.4, 0.5) is 4.79 Å². The van der Waals surface area contributed by atoms with Crippen molar-refractivity contribution in [3.05, 3.63) is 35.4 Å². The number of benzene rings is 1. The molecule has 0 saturated carbocycles. The molecule has 25 heavy (non-hydrogen) atoms. The summed E-state index contributed by atoms with van der Waals surface area (Å²) in [5.74, 6) is 0.243. The number of ether oxygens (including phenoxy) is 1. The highest BCUT2D eigenvalue weighted by Gasteiger charge is 2.34. The van der Waals surface area contributed by atoms with Gasteiger partial charge in [-0.05, 0) is 31.9 Å². The van der Waals surface area contributed by atoms with Crippen LogP contribution < -0.4 is 10.6 Å². The predicted molar refractivity (Wildman–Crippen MR) is 97.3 cm³/mol. The zero-order valence-electron chi connectivity index (χ0n) is 15.8. The standard InChI is InChI=1S/C19H29N3O3/c1-19(2,3)25-18(24)21-10-13-7-6-8-14(9-13)15-11-20-12-16(15)17(23)22(4)5/h6-9,15-16,20H,10-12H2,1-5H3,(H,21,24)/t15-,16+/m1/s1. The second-order valence-electron chi connectivity index (χ2n) is 7.70. The first-order chi connectivity index (χ1) is 11.7. The van der Waals surface area contributed by atoms with Gasteiger partial charge < -0.3 is 20.3 Å². The summed E-state index contributed by atoms with van der Waals surface area (Å²) < 4.78 is 5.25. The first kappa shape index (κ1) is 19.2. The average molecular weight is 347 g/mol. The lowest BCUT2D eigenvalue weighted by Crippen LogP contribution is -2.33. The summed E-state index contributed by atoms with van der Waals surface area (Å²) >= 11 is 0. The fraction of sp³-hybridized carbons (Fsp3) is 0.579. The summed E-state index contributed by atoms with van der Waals surface area (Å²) in [5, 5.41) is 6.09. The van der Waals surface area contributed by atoms with E-state index in [1.54, 1.807) is 19.0 Å². The molecule has 2 N–H and O–H groups in total. The molecule has 0 unspecified atom stereocenters. The number of rotatable bonds is 4. The average Bonchev–Trinajstić information content (AvgIpc) is 3.00. The summed E-state index contributed by atoms with van der Waals surface area (Å²) in [6.45, 7) is 7.39. The molecule has 0 radical (unpaired) electrons. The third kappa shape index (κ3) is 5.46. The first-order valence-corrected chi connectivity index (χ1v) is 8.65. The van der Waals surface area contributed by atoms with E-state index in [1.807, 2.05) is 39.0 Å². The van der Waals surface area contributed by atoms with Crippen molar-refractivity contribution in [2.45, 2.75) is 38.8 Å². The maximum atomic E-state index is 12.4. The van der Waals surface area contributed by atoms with E-state index in [2.05, 4.69) is 16.7 Å². The summed E-state index contributed by atoms with van der Waals surface area (Å²) in [6, 6.07) is 8.04. The van der Waals surface area contributed by atoms with Gasteiger partial charge in [0.2, 0.25) is 5.91 Å². The summed E-state index contributed by atoms with van der Waals surface area (Å²) in [5.41, 5.74) is 1.60. The van der Waals surface area contributed by atoms with Crippen LogP contribution in [0, 0.1) is 5.92 Å². The Balaban J connectivity index is 2.03. The van der Waals surface area contributed by atoms with Crippen molar-refractivity contribution in [2.24, 2.45) is 5.92 Å². The fourth-order valence-electron chi connectivity index (χ4n) is 3.04. The third-order valence-electron chi connectivity index (χ3n) is 4.19. The van der Waals surface area contributed by atoms with E-state index in [1.165, 1.54) is 0 Å². The van der Waals surface area contributed by atoms with Gasteiger partial charge >= 0.3 is 6.09 Å². The highest BCUT2D eigenvalue weighted by Crippen LogP contribution is 2.29. The third-order valence-corrected chi connectivity index (χ3v) is 4.19. The van der Waals surface area contributed by atoms with Gasteiger partial charge in [0.15, 0.2) is 0 Å². The van der Waals surface area contributed by atoms with E-state index in [9.17, 15) is 9.59 Å². The predicted octanol–water partition coefficient (Wildman–Crippen LogP) is 2.10. The molecule has 0 spiro atoms. The van der Waals surface area contributed by atoms with Gasteiger partial charge in [-0.2, -0.15) is 0 Å². The van der Waals surface area contributed by atoms with Crippen molar-refractivity contribution in [2.75, 3.05) is 27.2 Å². The second-order valence-corrected chi connectivity index (χ2v) is 7.70. The van der Waals surface area contributed by atoms with Crippen LogP contribution >= 0.6 is 0 Å². The van der Waals surface area contributed by atoms with E-state index >= 15 is 0 Å². The topological polar surface area (TPSA) is 70.7 Å². The van der Waals surface area contributed by atoms with Gasteiger partial charge in [-0.1, -0.05) is 24.3 Å². The number of hydrogen-bond donors (Lipinski definition) is 2. The minimum Gasteiger partial charge on any atom is -0.444 e. The molecule has 1 aromatic rings. The molecule has 6 heteroatoms. The Morgan fingerprint density at radius 3 is 2.64 bits per heavy atom. The van der Waals surface area contributed by atoms with Crippen molar-refractivity contribution in [3.8, 4) is 0 Å². The molecular formula is C19H29N3O3. The van der Waals surface area contributed by atoms with E-state index in [0.29, 0.717) is 13.1 Å². The molecule has 1 aliphatic heterocycles.